The van der Waals surface area contributed by atoms with Crippen LogP contribution in [0.3, 0.4) is 0 Å². The lowest BCUT2D eigenvalue weighted by molar-refractivity contribution is 0.231. The summed E-state index contributed by atoms with van der Waals surface area (Å²) >= 11 is 0. The summed E-state index contributed by atoms with van der Waals surface area (Å²) in [6.07, 6.45) is 5.27. The van der Waals surface area contributed by atoms with Gasteiger partial charge in [-0.15, -0.1) is 0 Å². The second-order valence-corrected chi connectivity index (χ2v) is 6.91. The van der Waals surface area contributed by atoms with Gasteiger partial charge in [0.2, 0.25) is 0 Å². The molecule has 1 aromatic heterocycles. The van der Waals surface area contributed by atoms with Crippen LogP contribution in [0.1, 0.15) is 30.4 Å². The topological polar surface area (TPSA) is 31.9 Å². The van der Waals surface area contributed by atoms with E-state index in [1.54, 1.807) is 0 Å². The van der Waals surface area contributed by atoms with Crippen LogP contribution in [-0.4, -0.2) is 34.5 Å². The summed E-state index contributed by atoms with van der Waals surface area (Å²) in [6, 6.07) is 15.2. The molecule has 0 aliphatic carbocycles. The van der Waals surface area contributed by atoms with Gasteiger partial charge in [0, 0.05) is 12.1 Å². The number of benzene rings is 2. The Morgan fingerprint density at radius 1 is 1.00 bits per heavy atom. The Labute approximate surface area is 143 Å². The normalized spacial score (nSPS) is 15.9. The summed E-state index contributed by atoms with van der Waals surface area (Å²) in [7, 11) is 0. The number of likely N-dealkylation sites (tertiary alicyclic amines) is 1. The highest BCUT2D eigenvalue weighted by Crippen LogP contribution is 2.23. The molecule has 24 heavy (non-hydrogen) atoms. The molecule has 3 nitrogen and oxygen atoms in total. The van der Waals surface area contributed by atoms with Crippen LogP contribution >= 0.6 is 0 Å². The van der Waals surface area contributed by atoms with E-state index in [0.29, 0.717) is 0 Å². The van der Waals surface area contributed by atoms with Gasteiger partial charge in [0.25, 0.3) is 0 Å². The summed E-state index contributed by atoms with van der Waals surface area (Å²) < 4.78 is 0. The quantitative estimate of drug-likeness (QED) is 0.764. The van der Waals surface area contributed by atoms with E-state index in [2.05, 4.69) is 59.3 Å². The Kier molecular flexibility index (Phi) is 4.35. The molecular formula is C21H25N3. The molecule has 2 aromatic carbocycles. The molecule has 2 heterocycles. The Morgan fingerprint density at radius 2 is 1.79 bits per heavy atom. The van der Waals surface area contributed by atoms with Gasteiger partial charge in [0.15, 0.2) is 0 Å². The number of aromatic amines is 1. The highest BCUT2D eigenvalue weighted by molar-refractivity contribution is 5.82. The maximum atomic E-state index is 4.77. The molecule has 1 fully saturated rings. The first-order chi connectivity index (χ1) is 11.8. The molecule has 0 saturated carbocycles. The van der Waals surface area contributed by atoms with E-state index >= 15 is 0 Å². The van der Waals surface area contributed by atoms with E-state index in [-0.39, 0.29) is 0 Å². The highest BCUT2D eigenvalue weighted by atomic mass is 15.1. The van der Waals surface area contributed by atoms with Gasteiger partial charge in [0.1, 0.15) is 5.82 Å². The van der Waals surface area contributed by atoms with Crippen molar-refractivity contribution in [2.75, 3.05) is 19.6 Å². The molecule has 1 aliphatic heterocycles. The Bertz CT molecular complexity index is 811. The van der Waals surface area contributed by atoms with Gasteiger partial charge in [-0.05, 0) is 56.5 Å². The van der Waals surface area contributed by atoms with Crippen molar-refractivity contribution in [1.29, 1.82) is 0 Å². The molecule has 0 unspecified atom stereocenters. The minimum absolute atomic E-state index is 0.960. The summed E-state index contributed by atoms with van der Waals surface area (Å²) in [6.45, 7) is 5.84. The fraction of sp³-hybridized carbons (Fsp3) is 0.381. The third kappa shape index (κ3) is 3.22. The van der Waals surface area contributed by atoms with Crippen molar-refractivity contribution in [2.24, 2.45) is 0 Å². The van der Waals surface area contributed by atoms with E-state index in [1.807, 2.05) is 0 Å². The van der Waals surface area contributed by atoms with Crippen molar-refractivity contribution >= 4 is 11.0 Å². The van der Waals surface area contributed by atoms with E-state index in [0.717, 1.165) is 28.8 Å². The summed E-state index contributed by atoms with van der Waals surface area (Å²) in [4.78, 5) is 10.8. The molecule has 0 radical (unpaired) electrons. The van der Waals surface area contributed by atoms with Crippen molar-refractivity contribution < 1.29 is 0 Å². The lowest BCUT2D eigenvalue weighted by Gasteiger charge is -2.26. The monoisotopic (exact) mass is 319 g/mol. The van der Waals surface area contributed by atoms with E-state index in [9.17, 15) is 0 Å². The van der Waals surface area contributed by atoms with E-state index in [1.165, 1.54) is 50.0 Å². The number of aryl methyl sites for hydroxylation is 1. The van der Waals surface area contributed by atoms with Crippen LogP contribution in [0.2, 0.25) is 0 Å². The number of H-pyrrole nitrogens is 1. The minimum atomic E-state index is 0.960. The van der Waals surface area contributed by atoms with Crippen molar-refractivity contribution in [2.45, 2.75) is 32.6 Å². The Balaban J connectivity index is 1.47. The van der Waals surface area contributed by atoms with Crippen LogP contribution in [0.25, 0.3) is 22.4 Å². The zero-order chi connectivity index (χ0) is 16.4. The van der Waals surface area contributed by atoms with E-state index in [4.69, 9.17) is 4.98 Å². The summed E-state index contributed by atoms with van der Waals surface area (Å²) in [5.74, 6) is 0.960. The molecular weight excluding hydrogens is 294 g/mol. The first-order valence-electron chi connectivity index (χ1n) is 9.06. The number of piperidine rings is 1. The minimum Gasteiger partial charge on any atom is -0.338 e. The zero-order valence-corrected chi connectivity index (χ0v) is 14.4. The molecule has 1 saturated heterocycles. The van der Waals surface area contributed by atoms with E-state index < -0.39 is 0 Å². The number of aromatic nitrogens is 2. The number of imidazole rings is 1. The average molecular weight is 319 g/mol. The number of nitrogens with one attached hydrogen (secondary N) is 1. The zero-order valence-electron chi connectivity index (χ0n) is 14.4. The fourth-order valence-electron chi connectivity index (χ4n) is 3.61. The Morgan fingerprint density at radius 3 is 2.54 bits per heavy atom. The van der Waals surface area contributed by atoms with Gasteiger partial charge in [-0.1, -0.05) is 42.8 Å². The number of nitrogens with zero attached hydrogens (tertiary/aromatic N) is 2. The first kappa shape index (κ1) is 15.4. The second-order valence-electron chi connectivity index (χ2n) is 6.91. The molecule has 0 bridgehead atoms. The van der Waals surface area contributed by atoms with Gasteiger partial charge in [0.05, 0.1) is 11.0 Å². The molecule has 3 heteroatoms. The number of rotatable bonds is 4. The van der Waals surface area contributed by atoms with Crippen molar-refractivity contribution in [3.63, 3.8) is 0 Å². The number of fused-ring (bicyclic) bond motifs is 1. The number of para-hydroxylation sites is 1. The van der Waals surface area contributed by atoms with Crippen LogP contribution in [0, 0.1) is 6.92 Å². The predicted molar refractivity (Wildman–Crippen MR) is 100 cm³/mol. The van der Waals surface area contributed by atoms with Crippen LogP contribution < -0.4 is 0 Å². The number of hydrogen-bond donors (Lipinski definition) is 1. The molecule has 1 aliphatic rings. The van der Waals surface area contributed by atoms with Crippen molar-refractivity contribution in [3.8, 4) is 11.4 Å². The second kappa shape index (κ2) is 6.78. The van der Waals surface area contributed by atoms with Gasteiger partial charge in [-0.3, -0.25) is 0 Å². The maximum Gasteiger partial charge on any atom is 0.138 e. The third-order valence-electron chi connectivity index (χ3n) is 5.11. The molecule has 124 valence electrons. The standard InChI is InChI=1S/C21H25N3/c1-16-6-5-7-19-20(16)23-21(22-19)18-10-8-17(9-11-18)12-15-24-13-3-2-4-14-24/h5-11H,2-4,12-15H2,1H3,(H,22,23). The van der Waals surface area contributed by atoms with Gasteiger partial charge in [-0.2, -0.15) is 0 Å². The SMILES string of the molecule is Cc1cccc2[nH]c(-c3ccc(CCN4CCCCC4)cc3)nc12. The molecule has 0 spiro atoms. The largest absolute Gasteiger partial charge is 0.338 e. The fourth-order valence-corrected chi connectivity index (χ4v) is 3.61. The average Bonchev–Trinajstić information content (AvgIpc) is 3.07. The van der Waals surface area contributed by atoms with Crippen molar-refractivity contribution in [1.82, 2.24) is 14.9 Å². The summed E-state index contributed by atoms with van der Waals surface area (Å²) in [5.41, 5.74) is 5.97. The molecule has 3 aromatic rings. The van der Waals surface area contributed by atoms with Crippen molar-refractivity contribution in [3.05, 3.63) is 53.6 Å². The molecule has 0 amide bonds. The van der Waals surface area contributed by atoms with Crippen LogP contribution in [0.5, 0.6) is 0 Å². The number of hydrogen-bond acceptors (Lipinski definition) is 2. The lowest BCUT2D eigenvalue weighted by atomic mass is 10.1. The lowest BCUT2D eigenvalue weighted by Crippen LogP contribution is -2.31. The third-order valence-corrected chi connectivity index (χ3v) is 5.11. The Hall–Kier alpha value is -2.13. The van der Waals surface area contributed by atoms with Gasteiger partial charge < -0.3 is 9.88 Å². The molecule has 4 rings (SSSR count). The van der Waals surface area contributed by atoms with Crippen LogP contribution in [-0.2, 0) is 6.42 Å². The molecule has 1 N–H and O–H groups in total. The summed E-state index contributed by atoms with van der Waals surface area (Å²) in [5, 5.41) is 0. The van der Waals surface area contributed by atoms with Gasteiger partial charge >= 0.3 is 0 Å². The highest BCUT2D eigenvalue weighted by Gasteiger charge is 2.10. The smallest absolute Gasteiger partial charge is 0.138 e. The first-order valence-corrected chi connectivity index (χ1v) is 9.06. The van der Waals surface area contributed by atoms with Gasteiger partial charge in [-0.25, -0.2) is 4.98 Å². The van der Waals surface area contributed by atoms with Crippen LogP contribution in [0.4, 0.5) is 0 Å². The maximum absolute atomic E-state index is 4.77. The molecule has 0 atom stereocenters. The predicted octanol–water partition coefficient (Wildman–Crippen LogP) is 4.57. The van der Waals surface area contributed by atoms with Crippen LogP contribution in [0.15, 0.2) is 42.5 Å².